The number of imidazole rings is 1. The average Bonchev–Trinajstić information content (AvgIpc) is 3.11. The fourth-order valence-electron chi connectivity index (χ4n) is 3.11. The first-order valence-corrected chi connectivity index (χ1v) is 8.97. The van der Waals surface area contributed by atoms with E-state index >= 15 is 0 Å². The van der Waals surface area contributed by atoms with Crippen LogP contribution >= 0.6 is 11.3 Å². The molecule has 3 aromatic rings. The van der Waals surface area contributed by atoms with E-state index in [0.717, 1.165) is 52.7 Å². The Kier molecular flexibility index (Phi) is 3.86. The quantitative estimate of drug-likeness (QED) is 0.543. The summed E-state index contributed by atoms with van der Waals surface area (Å²) < 4.78 is 2.08. The number of allylic oxidation sites excluding steroid dienone is 1. The van der Waals surface area contributed by atoms with Gasteiger partial charge in [0, 0.05) is 44.1 Å². The van der Waals surface area contributed by atoms with Gasteiger partial charge in [0.05, 0.1) is 15.9 Å². The zero-order valence-electron chi connectivity index (χ0n) is 13.9. The smallest absolute Gasteiger partial charge is 0.199 e. The van der Waals surface area contributed by atoms with E-state index in [1.54, 1.807) is 6.08 Å². The molecule has 2 aromatic heterocycles. The predicted molar refractivity (Wildman–Crippen MR) is 97.9 cm³/mol. The molecule has 1 aliphatic heterocycles. The number of fused-ring (bicyclic) bond motifs is 3. The number of hydrogen-bond donors (Lipinski definition) is 0. The summed E-state index contributed by atoms with van der Waals surface area (Å²) in [6, 6.07) is 8.04. The van der Waals surface area contributed by atoms with Crippen LogP contribution in [0.5, 0.6) is 0 Å². The molecule has 1 aromatic carbocycles. The van der Waals surface area contributed by atoms with Gasteiger partial charge < -0.3 is 9.80 Å². The van der Waals surface area contributed by atoms with E-state index < -0.39 is 0 Å². The summed E-state index contributed by atoms with van der Waals surface area (Å²) in [6.45, 7) is 6.01. The second kappa shape index (κ2) is 6.03. The van der Waals surface area contributed by atoms with Crippen LogP contribution < -0.4 is 0 Å². The van der Waals surface area contributed by atoms with Crippen LogP contribution in [0.1, 0.15) is 15.4 Å². The molecule has 0 bridgehead atoms. The molecule has 0 N–H and O–H groups in total. The molecule has 24 heavy (non-hydrogen) atoms. The monoisotopic (exact) mass is 340 g/mol. The first-order valence-electron chi connectivity index (χ1n) is 8.15. The zero-order chi connectivity index (χ0) is 16.7. The van der Waals surface area contributed by atoms with Crippen molar-refractivity contribution in [2.24, 2.45) is 0 Å². The molecular formula is C18H20N4OS. The first-order chi connectivity index (χ1) is 11.6. The summed E-state index contributed by atoms with van der Waals surface area (Å²) in [5, 5.41) is 0. The maximum Gasteiger partial charge on any atom is 0.199 e. The molecule has 0 unspecified atom stereocenters. The van der Waals surface area contributed by atoms with E-state index in [-0.39, 0.29) is 5.78 Å². The number of nitrogens with zero attached hydrogens (tertiary/aromatic N) is 4. The van der Waals surface area contributed by atoms with Crippen molar-refractivity contribution in [1.82, 2.24) is 19.2 Å². The van der Waals surface area contributed by atoms with Crippen molar-refractivity contribution < 1.29 is 4.79 Å². The van der Waals surface area contributed by atoms with Gasteiger partial charge in [0.15, 0.2) is 10.7 Å². The molecule has 0 spiro atoms. The van der Waals surface area contributed by atoms with E-state index in [9.17, 15) is 4.79 Å². The van der Waals surface area contributed by atoms with Gasteiger partial charge in [0.1, 0.15) is 0 Å². The largest absolute Gasteiger partial charge is 0.375 e. The standard InChI is InChI=1S/C18H20N4OS/c1-13-17(16(23)7-8-21-11-9-20(2)10-12-21)24-18-19-14-5-3-4-6-15(14)22(13)18/h3-8H,9-12H2,1-2H3/b8-7+. The molecule has 0 aliphatic carbocycles. The molecule has 1 fully saturated rings. The van der Waals surface area contributed by atoms with Gasteiger partial charge in [-0.05, 0) is 26.1 Å². The molecule has 0 amide bonds. The minimum Gasteiger partial charge on any atom is -0.375 e. The second-order valence-corrected chi connectivity index (χ2v) is 7.23. The molecule has 124 valence electrons. The van der Waals surface area contributed by atoms with Crippen molar-refractivity contribution in [2.75, 3.05) is 33.2 Å². The molecule has 4 rings (SSSR count). The van der Waals surface area contributed by atoms with Crippen LogP contribution in [0, 0.1) is 6.92 Å². The lowest BCUT2D eigenvalue weighted by atomic mass is 10.2. The number of carbonyl (C=O) groups excluding carboxylic acids is 1. The Hall–Kier alpha value is -2.18. The van der Waals surface area contributed by atoms with E-state index in [0.29, 0.717) is 0 Å². The minimum atomic E-state index is 0.0611. The third-order valence-corrected chi connectivity index (χ3v) is 5.74. The molecule has 1 aliphatic rings. The molecule has 0 saturated carbocycles. The van der Waals surface area contributed by atoms with Gasteiger partial charge in [-0.3, -0.25) is 9.20 Å². The van der Waals surface area contributed by atoms with E-state index in [4.69, 9.17) is 0 Å². The van der Waals surface area contributed by atoms with Gasteiger partial charge in [-0.25, -0.2) is 4.98 Å². The topological polar surface area (TPSA) is 40.9 Å². The van der Waals surface area contributed by atoms with Gasteiger partial charge in [-0.1, -0.05) is 23.5 Å². The highest BCUT2D eigenvalue weighted by molar-refractivity contribution is 7.19. The van der Waals surface area contributed by atoms with Crippen molar-refractivity contribution in [2.45, 2.75) is 6.92 Å². The van der Waals surface area contributed by atoms with Gasteiger partial charge in [-0.15, -0.1) is 0 Å². The Labute approximate surface area is 144 Å². The number of para-hydroxylation sites is 2. The number of hydrogen-bond acceptors (Lipinski definition) is 5. The predicted octanol–water partition coefficient (Wildman–Crippen LogP) is 2.80. The van der Waals surface area contributed by atoms with Crippen LogP contribution in [-0.4, -0.2) is 58.2 Å². The summed E-state index contributed by atoms with van der Waals surface area (Å²) in [4.78, 5) is 23.4. The summed E-state index contributed by atoms with van der Waals surface area (Å²) in [7, 11) is 2.13. The molecule has 0 radical (unpaired) electrons. The second-order valence-electron chi connectivity index (χ2n) is 6.25. The minimum absolute atomic E-state index is 0.0611. The fraction of sp³-hybridized carbons (Fsp3) is 0.333. The van der Waals surface area contributed by atoms with E-state index in [1.807, 2.05) is 37.4 Å². The average molecular weight is 340 g/mol. The first kappa shape index (κ1) is 15.4. The number of rotatable bonds is 3. The van der Waals surface area contributed by atoms with Crippen molar-refractivity contribution in [3.63, 3.8) is 0 Å². The Bertz CT molecular complexity index is 931. The lowest BCUT2D eigenvalue weighted by Crippen LogP contribution is -2.41. The van der Waals surface area contributed by atoms with Crippen molar-refractivity contribution >= 4 is 33.1 Å². The molecule has 3 heterocycles. The Morgan fingerprint density at radius 2 is 1.96 bits per heavy atom. The van der Waals surface area contributed by atoms with Crippen LogP contribution in [-0.2, 0) is 0 Å². The molecule has 5 nitrogen and oxygen atoms in total. The Morgan fingerprint density at radius 1 is 1.21 bits per heavy atom. The summed E-state index contributed by atoms with van der Waals surface area (Å²) in [5.74, 6) is 0.0611. The third-order valence-electron chi connectivity index (χ3n) is 4.59. The maximum atomic E-state index is 12.6. The highest BCUT2D eigenvalue weighted by atomic mass is 32.1. The number of carbonyl (C=O) groups is 1. The normalized spacial score (nSPS) is 16.7. The van der Waals surface area contributed by atoms with Crippen LogP contribution in [0.4, 0.5) is 0 Å². The third kappa shape index (κ3) is 2.61. The van der Waals surface area contributed by atoms with Gasteiger partial charge >= 0.3 is 0 Å². The Balaban J connectivity index is 1.61. The SMILES string of the molecule is Cc1c(C(=O)/C=C/N2CCN(C)CC2)sc2nc3ccccc3n12. The molecular weight excluding hydrogens is 320 g/mol. The van der Waals surface area contributed by atoms with Gasteiger partial charge in [0.2, 0.25) is 0 Å². The van der Waals surface area contributed by atoms with Crippen molar-refractivity contribution in [1.29, 1.82) is 0 Å². The molecule has 6 heteroatoms. The maximum absolute atomic E-state index is 12.6. The number of piperazine rings is 1. The fourth-order valence-corrected chi connectivity index (χ4v) is 4.17. The number of benzene rings is 1. The lowest BCUT2D eigenvalue weighted by Gasteiger charge is -2.31. The van der Waals surface area contributed by atoms with Gasteiger partial charge in [-0.2, -0.15) is 0 Å². The summed E-state index contributed by atoms with van der Waals surface area (Å²) in [6.07, 6.45) is 3.64. The van der Waals surface area contributed by atoms with Crippen molar-refractivity contribution in [3.8, 4) is 0 Å². The number of ketones is 1. The van der Waals surface area contributed by atoms with Crippen LogP contribution in [0.2, 0.25) is 0 Å². The zero-order valence-corrected chi connectivity index (χ0v) is 14.7. The van der Waals surface area contributed by atoms with Crippen molar-refractivity contribution in [3.05, 3.63) is 47.1 Å². The van der Waals surface area contributed by atoms with Crippen LogP contribution in [0.15, 0.2) is 36.5 Å². The molecule has 1 saturated heterocycles. The Morgan fingerprint density at radius 3 is 2.75 bits per heavy atom. The summed E-state index contributed by atoms with van der Waals surface area (Å²) >= 11 is 1.47. The highest BCUT2D eigenvalue weighted by Gasteiger charge is 2.17. The lowest BCUT2D eigenvalue weighted by molar-refractivity contribution is 0.104. The molecule has 0 atom stereocenters. The highest BCUT2D eigenvalue weighted by Crippen LogP contribution is 2.28. The van der Waals surface area contributed by atoms with Gasteiger partial charge in [0.25, 0.3) is 0 Å². The van der Waals surface area contributed by atoms with Crippen LogP contribution in [0.25, 0.3) is 16.0 Å². The number of aryl methyl sites for hydroxylation is 1. The summed E-state index contributed by atoms with van der Waals surface area (Å²) in [5.41, 5.74) is 3.00. The van der Waals surface area contributed by atoms with Crippen LogP contribution in [0.3, 0.4) is 0 Å². The number of likely N-dealkylation sites (N-methyl/N-ethyl adjacent to an activating group) is 1. The number of thiazole rings is 1. The van der Waals surface area contributed by atoms with E-state index in [2.05, 4.69) is 26.2 Å². The van der Waals surface area contributed by atoms with E-state index in [1.165, 1.54) is 11.3 Å². The number of aromatic nitrogens is 2.